The van der Waals surface area contributed by atoms with Crippen LogP contribution in [0.4, 0.5) is 0 Å². The first-order chi connectivity index (χ1) is 13.1. The van der Waals surface area contributed by atoms with Crippen molar-refractivity contribution < 1.29 is 24.2 Å². The number of piperidine rings is 1. The molecule has 0 aliphatic carbocycles. The number of rotatable bonds is 5. The van der Waals surface area contributed by atoms with Crippen molar-refractivity contribution in [3.05, 3.63) is 29.3 Å². The van der Waals surface area contributed by atoms with Crippen LogP contribution in [0.1, 0.15) is 36.2 Å². The summed E-state index contributed by atoms with van der Waals surface area (Å²) in [6.07, 6.45) is 2.63. The molecule has 0 saturated carbocycles. The van der Waals surface area contributed by atoms with Crippen molar-refractivity contribution in [2.75, 3.05) is 19.9 Å². The minimum absolute atomic E-state index is 0.0849. The summed E-state index contributed by atoms with van der Waals surface area (Å²) in [4.78, 5) is 29.9. The maximum atomic E-state index is 12.8. The second-order valence-electron chi connectivity index (χ2n) is 6.80. The molecule has 1 unspecified atom stereocenters. The monoisotopic (exact) mass is 388 g/mol. The van der Waals surface area contributed by atoms with E-state index < -0.39 is 5.97 Å². The van der Waals surface area contributed by atoms with E-state index in [0.717, 1.165) is 23.4 Å². The standard InChI is InChI=1S/C19H20N2O5S/c22-17(23)6-3-12-2-1-7-21(9-12)19(24)14-10-27-18(20-14)13-4-5-15-16(8-13)26-11-25-15/h4-5,8,10,12H,1-3,6-7,9,11H2,(H,22,23). The van der Waals surface area contributed by atoms with Gasteiger partial charge in [0, 0.05) is 30.5 Å². The summed E-state index contributed by atoms with van der Waals surface area (Å²) < 4.78 is 10.7. The fourth-order valence-corrected chi connectivity index (χ4v) is 4.30. The summed E-state index contributed by atoms with van der Waals surface area (Å²) in [5.74, 6) is 0.774. The van der Waals surface area contributed by atoms with Gasteiger partial charge in [0.05, 0.1) is 0 Å². The number of hydrogen-bond acceptors (Lipinski definition) is 6. The van der Waals surface area contributed by atoms with Crippen molar-refractivity contribution in [1.29, 1.82) is 0 Å². The Morgan fingerprint density at radius 2 is 2.15 bits per heavy atom. The average molecular weight is 388 g/mol. The Morgan fingerprint density at radius 3 is 3.00 bits per heavy atom. The number of thiazole rings is 1. The quantitative estimate of drug-likeness (QED) is 0.846. The average Bonchev–Trinajstić information content (AvgIpc) is 3.34. The molecule has 1 saturated heterocycles. The zero-order valence-electron chi connectivity index (χ0n) is 14.7. The molecular weight excluding hydrogens is 368 g/mol. The highest BCUT2D eigenvalue weighted by Gasteiger charge is 2.26. The molecule has 3 heterocycles. The fraction of sp³-hybridized carbons (Fsp3) is 0.421. The maximum Gasteiger partial charge on any atom is 0.303 e. The number of fused-ring (bicyclic) bond motifs is 1. The predicted molar refractivity (Wildman–Crippen MR) is 99.2 cm³/mol. The van der Waals surface area contributed by atoms with Crippen LogP contribution < -0.4 is 9.47 Å². The minimum Gasteiger partial charge on any atom is -0.481 e. The molecule has 1 amide bonds. The van der Waals surface area contributed by atoms with Crippen molar-refractivity contribution in [2.24, 2.45) is 5.92 Å². The number of carbonyl (C=O) groups excluding carboxylic acids is 1. The lowest BCUT2D eigenvalue weighted by molar-refractivity contribution is -0.137. The van der Waals surface area contributed by atoms with Gasteiger partial charge >= 0.3 is 5.97 Å². The number of hydrogen-bond donors (Lipinski definition) is 1. The van der Waals surface area contributed by atoms with E-state index in [0.29, 0.717) is 36.7 Å². The Balaban J connectivity index is 1.44. The molecule has 0 bridgehead atoms. The predicted octanol–water partition coefficient (Wildman–Crippen LogP) is 3.26. The SMILES string of the molecule is O=C(O)CCC1CCCN(C(=O)c2csc(-c3ccc4c(c3)OCO4)n2)C1. The molecule has 7 nitrogen and oxygen atoms in total. The lowest BCUT2D eigenvalue weighted by Crippen LogP contribution is -2.40. The molecule has 142 valence electrons. The van der Waals surface area contributed by atoms with Gasteiger partial charge in [-0.15, -0.1) is 11.3 Å². The van der Waals surface area contributed by atoms with E-state index >= 15 is 0 Å². The number of carboxylic acids is 1. The molecule has 1 aromatic carbocycles. The lowest BCUT2D eigenvalue weighted by atomic mass is 9.93. The van der Waals surface area contributed by atoms with Crippen LogP contribution >= 0.6 is 11.3 Å². The van der Waals surface area contributed by atoms with Gasteiger partial charge in [-0.3, -0.25) is 9.59 Å². The van der Waals surface area contributed by atoms with Crippen LogP contribution in [0.3, 0.4) is 0 Å². The Hall–Kier alpha value is -2.61. The van der Waals surface area contributed by atoms with Crippen LogP contribution in [0.5, 0.6) is 11.5 Å². The van der Waals surface area contributed by atoms with E-state index in [1.54, 1.807) is 10.3 Å². The molecule has 0 radical (unpaired) electrons. The summed E-state index contributed by atoms with van der Waals surface area (Å²) in [6.45, 7) is 1.51. The molecule has 0 spiro atoms. The zero-order chi connectivity index (χ0) is 18.8. The third-order valence-corrected chi connectivity index (χ3v) is 5.81. The van der Waals surface area contributed by atoms with Gasteiger partial charge in [-0.05, 0) is 43.4 Å². The molecule has 2 aliphatic rings. The van der Waals surface area contributed by atoms with E-state index in [1.807, 2.05) is 18.2 Å². The fourth-order valence-electron chi connectivity index (χ4n) is 3.51. The highest BCUT2D eigenvalue weighted by Crippen LogP contribution is 2.36. The summed E-state index contributed by atoms with van der Waals surface area (Å²) in [5, 5.41) is 11.4. The molecule has 1 fully saturated rings. The van der Waals surface area contributed by atoms with Gasteiger partial charge in [0.25, 0.3) is 5.91 Å². The van der Waals surface area contributed by atoms with Crippen LogP contribution in [0.15, 0.2) is 23.6 Å². The number of nitrogens with zero attached hydrogens (tertiary/aromatic N) is 2. The van der Waals surface area contributed by atoms with E-state index in [9.17, 15) is 9.59 Å². The summed E-state index contributed by atoms with van der Waals surface area (Å²) >= 11 is 1.42. The molecule has 1 atom stereocenters. The lowest BCUT2D eigenvalue weighted by Gasteiger charge is -2.32. The number of aromatic nitrogens is 1. The molecule has 27 heavy (non-hydrogen) atoms. The van der Waals surface area contributed by atoms with Crippen LogP contribution in [-0.2, 0) is 4.79 Å². The zero-order valence-corrected chi connectivity index (χ0v) is 15.5. The number of aliphatic carboxylic acids is 1. The molecule has 1 aromatic heterocycles. The van der Waals surface area contributed by atoms with Crippen LogP contribution in [-0.4, -0.2) is 46.7 Å². The van der Waals surface area contributed by atoms with Crippen molar-refractivity contribution in [1.82, 2.24) is 9.88 Å². The normalized spacial score (nSPS) is 18.5. The van der Waals surface area contributed by atoms with Gasteiger partial charge < -0.3 is 19.5 Å². The van der Waals surface area contributed by atoms with Crippen molar-refractivity contribution in [3.8, 4) is 22.1 Å². The van der Waals surface area contributed by atoms with Gasteiger partial charge in [0.1, 0.15) is 10.7 Å². The molecule has 2 aliphatic heterocycles. The van der Waals surface area contributed by atoms with Gasteiger partial charge in [0.15, 0.2) is 11.5 Å². The van der Waals surface area contributed by atoms with Crippen molar-refractivity contribution in [3.63, 3.8) is 0 Å². The topological polar surface area (TPSA) is 89.0 Å². The Bertz CT molecular complexity index is 866. The van der Waals surface area contributed by atoms with E-state index in [1.165, 1.54) is 11.3 Å². The Kier molecular flexibility index (Phi) is 4.98. The Morgan fingerprint density at radius 1 is 1.30 bits per heavy atom. The van der Waals surface area contributed by atoms with Crippen molar-refractivity contribution in [2.45, 2.75) is 25.7 Å². The highest BCUT2D eigenvalue weighted by molar-refractivity contribution is 7.13. The first-order valence-corrected chi connectivity index (χ1v) is 9.85. The van der Waals surface area contributed by atoms with E-state index in [-0.39, 0.29) is 25.0 Å². The summed E-state index contributed by atoms with van der Waals surface area (Å²) in [6, 6.07) is 5.62. The van der Waals surface area contributed by atoms with Gasteiger partial charge in [-0.2, -0.15) is 0 Å². The summed E-state index contributed by atoms with van der Waals surface area (Å²) in [5.41, 5.74) is 1.33. The van der Waals surface area contributed by atoms with E-state index in [2.05, 4.69) is 4.98 Å². The second kappa shape index (κ2) is 7.56. The molecule has 8 heteroatoms. The molecule has 2 aromatic rings. The number of carboxylic acid groups (broad SMARTS) is 1. The second-order valence-corrected chi connectivity index (χ2v) is 7.66. The maximum absolute atomic E-state index is 12.8. The number of carbonyl (C=O) groups is 2. The molecular formula is C19H20N2O5S. The highest BCUT2D eigenvalue weighted by atomic mass is 32.1. The molecule has 4 rings (SSSR count). The Labute approximate surface area is 160 Å². The molecule has 1 N–H and O–H groups in total. The minimum atomic E-state index is -0.786. The first-order valence-electron chi connectivity index (χ1n) is 8.97. The largest absolute Gasteiger partial charge is 0.481 e. The smallest absolute Gasteiger partial charge is 0.303 e. The van der Waals surface area contributed by atoms with Crippen molar-refractivity contribution >= 4 is 23.2 Å². The number of ether oxygens (including phenoxy) is 2. The van der Waals surface area contributed by atoms with Gasteiger partial charge in [-0.1, -0.05) is 0 Å². The number of amides is 1. The van der Waals surface area contributed by atoms with Crippen LogP contribution in [0.2, 0.25) is 0 Å². The van der Waals surface area contributed by atoms with Crippen LogP contribution in [0, 0.1) is 5.92 Å². The van der Waals surface area contributed by atoms with Crippen LogP contribution in [0.25, 0.3) is 10.6 Å². The third kappa shape index (κ3) is 3.90. The first kappa shape index (κ1) is 17.8. The third-order valence-electron chi connectivity index (χ3n) is 4.92. The van der Waals surface area contributed by atoms with Gasteiger partial charge in [-0.25, -0.2) is 4.98 Å². The van der Waals surface area contributed by atoms with E-state index in [4.69, 9.17) is 14.6 Å². The van der Waals surface area contributed by atoms with Gasteiger partial charge in [0.2, 0.25) is 6.79 Å². The number of likely N-dealkylation sites (tertiary alicyclic amines) is 1. The number of benzene rings is 1. The summed E-state index contributed by atoms with van der Waals surface area (Å²) in [7, 11) is 0.